The topological polar surface area (TPSA) is 79.7 Å². The lowest BCUT2D eigenvalue weighted by molar-refractivity contribution is 0.0785. The molecular weight excluding hydrogens is 384 g/mol. The van der Waals surface area contributed by atoms with E-state index >= 15 is 0 Å². The summed E-state index contributed by atoms with van der Waals surface area (Å²) in [4.78, 5) is 18.5. The van der Waals surface area contributed by atoms with Crippen LogP contribution in [0.3, 0.4) is 0 Å². The van der Waals surface area contributed by atoms with Crippen LogP contribution in [-0.4, -0.2) is 42.8 Å². The number of benzene rings is 2. The zero-order chi connectivity index (χ0) is 20.1. The fourth-order valence-electron chi connectivity index (χ4n) is 2.89. The highest BCUT2D eigenvalue weighted by Crippen LogP contribution is 2.19. The van der Waals surface area contributed by atoms with E-state index in [-0.39, 0.29) is 5.91 Å². The van der Waals surface area contributed by atoms with E-state index in [1.807, 2.05) is 65.5 Å². The zero-order valence-corrected chi connectivity index (χ0v) is 16.7. The first-order valence-corrected chi connectivity index (χ1v) is 10.1. The SMILES string of the molecule is CN(Cc1cnn(-c2ccccc2)c1)C(=O)c1ccc(CSc2ncn[nH]2)cc1. The molecule has 1 amide bonds. The van der Waals surface area contributed by atoms with Gasteiger partial charge in [-0.25, -0.2) is 9.67 Å². The molecule has 0 radical (unpaired) electrons. The van der Waals surface area contributed by atoms with E-state index in [1.54, 1.807) is 29.9 Å². The van der Waals surface area contributed by atoms with Crippen molar-refractivity contribution in [1.82, 2.24) is 29.9 Å². The highest BCUT2D eigenvalue weighted by molar-refractivity contribution is 7.98. The van der Waals surface area contributed by atoms with Crippen LogP contribution >= 0.6 is 11.8 Å². The fourth-order valence-corrected chi connectivity index (χ4v) is 3.62. The number of aromatic amines is 1. The van der Waals surface area contributed by atoms with Gasteiger partial charge in [-0.3, -0.25) is 9.89 Å². The van der Waals surface area contributed by atoms with Crippen LogP contribution in [0.1, 0.15) is 21.5 Å². The first kappa shape index (κ1) is 18.9. The summed E-state index contributed by atoms with van der Waals surface area (Å²) in [6.45, 7) is 0.495. The number of hydrogen-bond acceptors (Lipinski definition) is 5. The molecule has 29 heavy (non-hydrogen) atoms. The van der Waals surface area contributed by atoms with Crippen molar-refractivity contribution in [3.63, 3.8) is 0 Å². The lowest BCUT2D eigenvalue weighted by atomic mass is 10.1. The van der Waals surface area contributed by atoms with Gasteiger partial charge in [0, 0.05) is 36.7 Å². The number of thioether (sulfide) groups is 1. The Morgan fingerprint density at radius 3 is 2.62 bits per heavy atom. The first-order valence-electron chi connectivity index (χ1n) is 9.10. The molecule has 0 aliphatic rings. The second-order valence-electron chi connectivity index (χ2n) is 6.57. The van der Waals surface area contributed by atoms with E-state index in [1.165, 1.54) is 6.33 Å². The highest BCUT2D eigenvalue weighted by Gasteiger charge is 2.13. The second kappa shape index (κ2) is 8.74. The number of aromatic nitrogens is 5. The van der Waals surface area contributed by atoms with Crippen molar-refractivity contribution >= 4 is 17.7 Å². The summed E-state index contributed by atoms with van der Waals surface area (Å²) in [5.74, 6) is 0.741. The minimum Gasteiger partial charge on any atom is -0.337 e. The van der Waals surface area contributed by atoms with Crippen molar-refractivity contribution in [1.29, 1.82) is 0 Å². The molecule has 0 aliphatic heterocycles. The van der Waals surface area contributed by atoms with E-state index < -0.39 is 0 Å². The molecule has 0 unspecified atom stereocenters. The quantitative estimate of drug-likeness (QED) is 0.477. The predicted octanol–water partition coefficient (Wildman–Crippen LogP) is 3.55. The number of carbonyl (C=O) groups is 1. The number of para-hydroxylation sites is 1. The monoisotopic (exact) mass is 404 g/mol. The maximum Gasteiger partial charge on any atom is 0.253 e. The largest absolute Gasteiger partial charge is 0.337 e. The van der Waals surface area contributed by atoms with Gasteiger partial charge in [0.2, 0.25) is 0 Å². The number of H-pyrrole nitrogens is 1. The summed E-state index contributed by atoms with van der Waals surface area (Å²) in [6, 6.07) is 17.6. The Hall–Kier alpha value is -3.39. The lowest BCUT2D eigenvalue weighted by Crippen LogP contribution is -2.26. The summed E-state index contributed by atoms with van der Waals surface area (Å²) in [6.07, 6.45) is 5.23. The Kier molecular flexibility index (Phi) is 5.71. The van der Waals surface area contributed by atoms with Crippen molar-refractivity contribution in [3.05, 3.63) is 90.0 Å². The molecule has 0 atom stereocenters. The number of rotatable bonds is 7. The van der Waals surface area contributed by atoms with Gasteiger partial charge >= 0.3 is 0 Å². The Bertz CT molecular complexity index is 1060. The van der Waals surface area contributed by atoms with Crippen molar-refractivity contribution < 1.29 is 4.79 Å². The van der Waals surface area contributed by atoms with Gasteiger partial charge in [0.15, 0.2) is 5.16 Å². The number of amides is 1. The molecular formula is C21H20N6OS. The van der Waals surface area contributed by atoms with E-state index in [4.69, 9.17) is 0 Å². The Balaban J connectivity index is 1.36. The molecule has 1 N–H and O–H groups in total. The molecule has 0 saturated carbocycles. The van der Waals surface area contributed by atoms with Crippen LogP contribution in [0.25, 0.3) is 5.69 Å². The van der Waals surface area contributed by atoms with Crippen LogP contribution in [0.4, 0.5) is 0 Å². The molecule has 0 spiro atoms. The third-order valence-electron chi connectivity index (χ3n) is 4.39. The Labute approximate surface area is 172 Å². The Morgan fingerprint density at radius 1 is 1.10 bits per heavy atom. The first-order chi connectivity index (χ1) is 14.2. The minimum absolute atomic E-state index is 0.0214. The molecule has 8 heteroatoms. The van der Waals surface area contributed by atoms with Gasteiger partial charge in [0.1, 0.15) is 6.33 Å². The number of nitrogens with one attached hydrogen (secondary N) is 1. The molecule has 4 rings (SSSR count). The van der Waals surface area contributed by atoms with E-state index in [9.17, 15) is 4.79 Å². The van der Waals surface area contributed by atoms with E-state index in [0.717, 1.165) is 27.7 Å². The molecule has 0 bridgehead atoms. The predicted molar refractivity (Wildman–Crippen MR) is 112 cm³/mol. The van der Waals surface area contributed by atoms with Crippen LogP contribution in [-0.2, 0) is 12.3 Å². The van der Waals surface area contributed by atoms with Gasteiger partial charge in [0.25, 0.3) is 5.91 Å². The molecule has 0 saturated heterocycles. The molecule has 2 aromatic carbocycles. The van der Waals surface area contributed by atoms with Crippen LogP contribution in [0.2, 0.25) is 0 Å². The van der Waals surface area contributed by atoms with Gasteiger partial charge in [-0.15, -0.1) is 0 Å². The normalized spacial score (nSPS) is 10.8. The van der Waals surface area contributed by atoms with Gasteiger partial charge in [-0.1, -0.05) is 42.1 Å². The Morgan fingerprint density at radius 2 is 1.90 bits per heavy atom. The smallest absolute Gasteiger partial charge is 0.253 e. The maximum absolute atomic E-state index is 12.8. The van der Waals surface area contributed by atoms with Crippen LogP contribution < -0.4 is 0 Å². The third kappa shape index (κ3) is 4.72. The van der Waals surface area contributed by atoms with Crippen LogP contribution in [0.5, 0.6) is 0 Å². The van der Waals surface area contributed by atoms with Gasteiger partial charge in [-0.05, 0) is 29.8 Å². The van der Waals surface area contributed by atoms with Crippen LogP contribution in [0.15, 0.2) is 78.5 Å². The average Bonchev–Trinajstić information content (AvgIpc) is 3.45. The summed E-state index contributed by atoms with van der Waals surface area (Å²) >= 11 is 1.57. The standard InChI is InChI=1S/C21H20N6OS/c1-26(12-17-11-24-27(13-17)19-5-3-2-4-6-19)20(28)18-9-7-16(8-10-18)14-29-21-22-15-23-25-21/h2-11,13,15H,12,14H2,1H3,(H,22,23,25). The van der Waals surface area contributed by atoms with E-state index in [2.05, 4.69) is 20.3 Å². The molecule has 7 nitrogen and oxygen atoms in total. The fraction of sp³-hybridized carbons (Fsp3) is 0.143. The average molecular weight is 404 g/mol. The van der Waals surface area contributed by atoms with Gasteiger partial charge < -0.3 is 4.90 Å². The molecule has 2 heterocycles. The summed E-state index contributed by atoms with van der Waals surface area (Å²) < 4.78 is 1.81. The number of hydrogen-bond donors (Lipinski definition) is 1. The molecule has 2 aromatic heterocycles. The molecule has 146 valence electrons. The van der Waals surface area contributed by atoms with Crippen molar-refractivity contribution in [2.45, 2.75) is 17.5 Å². The van der Waals surface area contributed by atoms with Gasteiger partial charge in [0.05, 0.1) is 11.9 Å². The van der Waals surface area contributed by atoms with Gasteiger partial charge in [-0.2, -0.15) is 10.2 Å². The van der Waals surface area contributed by atoms with Crippen molar-refractivity contribution in [2.24, 2.45) is 0 Å². The molecule has 0 aliphatic carbocycles. The second-order valence-corrected chi connectivity index (χ2v) is 7.53. The minimum atomic E-state index is -0.0214. The third-order valence-corrected chi connectivity index (χ3v) is 5.34. The molecule has 4 aromatic rings. The van der Waals surface area contributed by atoms with Crippen molar-refractivity contribution in [3.8, 4) is 5.69 Å². The summed E-state index contributed by atoms with van der Waals surface area (Å²) in [5.41, 5.74) is 3.75. The summed E-state index contributed by atoms with van der Waals surface area (Å²) in [7, 11) is 1.80. The lowest BCUT2D eigenvalue weighted by Gasteiger charge is -2.16. The summed E-state index contributed by atoms with van der Waals surface area (Å²) in [5, 5.41) is 11.8. The molecule has 0 fully saturated rings. The maximum atomic E-state index is 12.8. The number of carbonyl (C=O) groups excluding carboxylic acids is 1. The number of nitrogens with zero attached hydrogens (tertiary/aromatic N) is 5. The highest BCUT2D eigenvalue weighted by atomic mass is 32.2. The van der Waals surface area contributed by atoms with Crippen molar-refractivity contribution in [2.75, 3.05) is 7.05 Å². The van der Waals surface area contributed by atoms with E-state index in [0.29, 0.717) is 12.1 Å². The zero-order valence-electron chi connectivity index (χ0n) is 15.9. The van der Waals surface area contributed by atoms with Crippen LogP contribution in [0, 0.1) is 0 Å².